The van der Waals surface area contributed by atoms with Gasteiger partial charge in [-0.05, 0) is 62.1 Å². The third-order valence-corrected chi connectivity index (χ3v) is 4.43. The number of nitrogens with zero attached hydrogens (tertiary/aromatic N) is 5. The molecule has 0 unspecified atom stereocenters. The number of halogens is 1. The van der Waals surface area contributed by atoms with E-state index < -0.39 is 5.91 Å². The van der Waals surface area contributed by atoms with E-state index in [4.69, 9.17) is 10.7 Å². The van der Waals surface area contributed by atoms with Crippen LogP contribution in [0.4, 0.5) is 4.39 Å². The maximum absolute atomic E-state index is 13.4. The second-order valence-electron chi connectivity index (χ2n) is 6.95. The van der Waals surface area contributed by atoms with Crippen LogP contribution >= 0.6 is 0 Å². The van der Waals surface area contributed by atoms with Crippen molar-refractivity contribution in [1.29, 1.82) is 0 Å². The number of primary amides is 1. The van der Waals surface area contributed by atoms with Crippen LogP contribution in [0.3, 0.4) is 0 Å². The Balaban J connectivity index is 1.96. The van der Waals surface area contributed by atoms with Gasteiger partial charge < -0.3 is 10.6 Å². The molecule has 7 nitrogen and oxygen atoms in total. The second kappa shape index (κ2) is 7.40. The first-order chi connectivity index (χ1) is 13.9. The highest BCUT2D eigenvalue weighted by atomic mass is 19.1. The predicted octanol–water partition coefficient (Wildman–Crippen LogP) is 2.76. The van der Waals surface area contributed by atoms with E-state index in [1.54, 1.807) is 18.2 Å². The molecular weight excluding hydrogens is 371 g/mol. The molecule has 4 aromatic rings. The van der Waals surface area contributed by atoms with Gasteiger partial charge in [-0.2, -0.15) is 0 Å². The topological polar surface area (TPSA) is 89.4 Å². The Morgan fingerprint density at radius 3 is 2.59 bits per heavy atom. The third kappa shape index (κ3) is 3.70. The lowest BCUT2D eigenvalue weighted by atomic mass is 10.1. The van der Waals surface area contributed by atoms with Crippen LogP contribution in [0.15, 0.2) is 54.9 Å². The first kappa shape index (κ1) is 18.7. The number of hydrogen-bond acceptors (Lipinski definition) is 5. The first-order valence-corrected chi connectivity index (χ1v) is 8.97. The summed E-state index contributed by atoms with van der Waals surface area (Å²) in [6, 6.07) is 11.8. The van der Waals surface area contributed by atoms with Gasteiger partial charge in [0.1, 0.15) is 11.5 Å². The number of benzene rings is 1. The van der Waals surface area contributed by atoms with Crippen LogP contribution in [0, 0.1) is 5.82 Å². The molecule has 29 heavy (non-hydrogen) atoms. The lowest BCUT2D eigenvalue weighted by Crippen LogP contribution is -2.15. The number of aromatic nitrogens is 4. The highest BCUT2D eigenvalue weighted by Gasteiger charge is 2.19. The van der Waals surface area contributed by atoms with E-state index in [2.05, 4.69) is 14.9 Å². The molecule has 2 N–H and O–H groups in total. The lowest BCUT2D eigenvalue weighted by molar-refractivity contribution is 0.0990. The summed E-state index contributed by atoms with van der Waals surface area (Å²) in [6.45, 7) is 0.768. The Hall–Kier alpha value is -3.65. The van der Waals surface area contributed by atoms with E-state index in [-0.39, 0.29) is 11.6 Å². The average molecular weight is 390 g/mol. The number of pyridine rings is 1. The van der Waals surface area contributed by atoms with Crippen molar-refractivity contribution in [3.8, 4) is 22.6 Å². The van der Waals surface area contributed by atoms with Crippen LogP contribution < -0.4 is 5.73 Å². The quantitative estimate of drug-likeness (QED) is 0.566. The molecular formula is C21H19FN6O. The van der Waals surface area contributed by atoms with Gasteiger partial charge in [-0.15, -0.1) is 0 Å². The van der Waals surface area contributed by atoms with Crippen molar-refractivity contribution in [2.24, 2.45) is 5.73 Å². The first-order valence-electron chi connectivity index (χ1n) is 8.97. The summed E-state index contributed by atoms with van der Waals surface area (Å²) in [5.74, 6) is -1.12. The Bertz CT molecular complexity index is 1200. The molecule has 8 heteroatoms. The Morgan fingerprint density at radius 2 is 1.90 bits per heavy atom. The molecule has 0 aliphatic heterocycles. The highest BCUT2D eigenvalue weighted by Crippen LogP contribution is 2.32. The van der Waals surface area contributed by atoms with Gasteiger partial charge in [-0.3, -0.25) is 9.20 Å². The number of rotatable bonds is 5. The molecule has 1 amide bonds. The molecule has 1 aromatic carbocycles. The van der Waals surface area contributed by atoms with Crippen LogP contribution in [-0.4, -0.2) is 44.3 Å². The van der Waals surface area contributed by atoms with Gasteiger partial charge in [0.15, 0.2) is 0 Å². The predicted molar refractivity (Wildman–Crippen MR) is 108 cm³/mol. The molecule has 3 aromatic heterocycles. The number of carbonyl (C=O) groups excluding carboxylic acids is 1. The van der Waals surface area contributed by atoms with E-state index >= 15 is 0 Å². The smallest absolute Gasteiger partial charge is 0.286 e. The van der Waals surface area contributed by atoms with Crippen molar-refractivity contribution in [2.75, 3.05) is 14.1 Å². The van der Waals surface area contributed by atoms with Gasteiger partial charge >= 0.3 is 0 Å². The molecule has 0 spiro atoms. The molecule has 0 saturated heterocycles. The fourth-order valence-electron chi connectivity index (χ4n) is 3.21. The summed E-state index contributed by atoms with van der Waals surface area (Å²) >= 11 is 0. The summed E-state index contributed by atoms with van der Waals surface area (Å²) in [5.41, 5.74) is 9.71. The lowest BCUT2D eigenvalue weighted by Gasteiger charge is -2.10. The maximum Gasteiger partial charge on any atom is 0.286 e. The van der Waals surface area contributed by atoms with Crippen molar-refractivity contribution in [3.05, 3.63) is 72.1 Å². The van der Waals surface area contributed by atoms with Gasteiger partial charge in [0, 0.05) is 24.5 Å². The molecule has 0 aliphatic carbocycles. The highest BCUT2D eigenvalue weighted by molar-refractivity contribution is 5.90. The van der Waals surface area contributed by atoms with Crippen molar-refractivity contribution in [2.45, 2.75) is 6.54 Å². The fraction of sp³-hybridized carbons (Fsp3) is 0.143. The molecule has 0 radical (unpaired) electrons. The standard InChI is InChI=1S/C21H19FN6O/c1-27(2)12-13-8-10-28-17(11-13)26-18(14-3-5-15(22)6-4-14)19(28)16-7-9-24-21(25-16)20(23)29/h3-11H,12H2,1-2H3,(H2,23,29). The molecule has 0 saturated carbocycles. The Labute approximate surface area is 166 Å². The van der Waals surface area contributed by atoms with Crippen LogP contribution in [0.1, 0.15) is 16.2 Å². The van der Waals surface area contributed by atoms with E-state index in [1.165, 1.54) is 18.3 Å². The number of fused-ring (bicyclic) bond motifs is 1. The van der Waals surface area contributed by atoms with Gasteiger partial charge in [0.05, 0.1) is 17.1 Å². The fourth-order valence-corrected chi connectivity index (χ4v) is 3.21. The summed E-state index contributed by atoms with van der Waals surface area (Å²) in [7, 11) is 3.99. The van der Waals surface area contributed by atoms with Crippen LogP contribution in [-0.2, 0) is 6.54 Å². The minimum Gasteiger partial charge on any atom is -0.363 e. The molecule has 3 heterocycles. The normalized spacial score (nSPS) is 11.3. The summed E-state index contributed by atoms with van der Waals surface area (Å²) in [6.07, 6.45) is 3.40. The third-order valence-electron chi connectivity index (χ3n) is 4.43. The van der Waals surface area contributed by atoms with Crippen molar-refractivity contribution >= 4 is 11.6 Å². The van der Waals surface area contributed by atoms with Crippen LogP contribution in [0.5, 0.6) is 0 Å². The largest absolute Gasteiger partial charge is 0.363 e. The molecule has 0 fully saturated rings. The van der Waals surface area contributed by atoms with E-state index in [9.17, 15) is 9.18 Å². The number of hydrogen-bond donors (Lipinski definition) is 1. The minimum atomic E-state index is -0.711. The van der Waals surface area contributed by atoms with Crippen LogP contribution in [0.25, 0.3) is 28.3 Å². The van der Waals surface area contributed by atoms with Gasteiger partial charge in [0.25, 0.3) is 5.91 Å². The maximum atomic E-state index is 13.4. The molecule has 0 aliphatic rings. The van der Waals surface area contributed by atoms with Crippen LogP contribution in [0.2, 0.25) is 0 Å². The van der Waals surface area contributed by atoms with E-state index in [0.29, 0.717) is 17.1 Å². The number of amides is 1. The summed E-state index contributed by atoms with van der Waals surface area (Å²) < 4.78 is 15.3. The molecule has 146 valence electrons. The molecule has 4 rings (SSSR count). The minimum absolute atomic E-state index is 0.0771. The average Bonchev–Trinajstić information content (AvgIpc) is 3.06. The van der Waals surface area contributed by atoms with Crippen molar-refractivity contribution in [1.82, 2.24) is 24.3 Å². The van der Waals surface area contributed by atoms with Gasteiger partial charge in [-0.25, -0.2) is 19.3 Å². The summed E-state index contributed by atoms with van der Waals surface area (Å²) in [4.78, 5) is 26.6. The molecule has 0 bridgehead atoms. The van der Waals surface area contributed by atoms with Crippen molar-refractivity contribution < 1.29 is 9.18 Å². The number of nitrogens with two attached hydrogens (primary N) is 1. The van der Waals surface area contributed by atoms with Crippen molar-refractivity contribution in [3.63, 3.8) is 0 Å². The number of carbonyl (C=O) groups is 1. The second-order valence-corrected chi connectivity index (χ2v) is 6.95. The van der Waals surface area contributed by atoms with E-state index in [0.717, 1.165) is 23.3 Å². The SMILES string of the molecule is CN(C)Cc1ccn2c(-c3ccnc(C(N)=O)n3)c(-c3ccc(F)cc3)nc2c1. The molecule has 0 atom stereocenters. The Morgan fingerprint density at radius 1 is 1.14 bits per heavy atom. The Kier molecular flexibility index (Phi) is 4.77. The zero-order valence-electron chi connectivity index (χ0n) is 16.0. The van der Waals surface area contributed by atoms with E-state index in [1.807, 2.05) is 36.8 Å². The zero-order valence-corrected chi connectivity index (χ0v) is 16.0. The monoisotopic (exact) mass is 390 g/mol. The zero-order chi connectivity index (χ0) is 20.5. The number of imidazole rings is 1. The van der Waals surface area contributed by atoms with Gasteiger partial charge in [-0.1, -0.05) is 0 Å². The van der Waals surface area contributed by atoms with Gasteiger partial charge in [0.2, 0.25) is 5.82 Å². The summed E-state index contributed by atoms with van der Waals surface area (Å²) in [5, 5.41) is 0.